The minimum Gasteiger partial charge on any atom is -0.375 e. The van der Waals surface area contributed by atoms with E-state index in [0.29, 0.717) is 12.2 Å². The molecule has 0 bridgehead atoms. The van der Waals surface area contributed by atoms with Gasteiger partial charge in [-0.3, -0.25) is 9.78 Å². The van der Waals surface area contributed by atoms with Gasteiger partial charge >= 0.3 is 0 Å². The molecule has 0 aromatic carbocycles. The zero-order valence-corrected chi connectivity index (χ0v) is 10.2. The molecule has 1 aliphatic carbocycles. The van der Waals surface area contributed by atoms with E-state index in [9.17, 15) is 9.18 Å². The van der Waals surface area contributed by atoms with E-state index in [1.807, 2.05) is 0 Å². The minimum atomic E-state index is -0.453. The highest BCUT2D eigenvalue weighted by molar-refractivity contribution is 5.97. The maximum atomic E-state index is 13.1. The van der Waals surface area contributed by atoms with Gasteiger partial charge in [-0.05, 0) is 38.2 Å². The van der Waals surface area contributed by atoms with Gasteiger partial charge in [-0.2, -0.15) is 0 Å². The second-order valence-electron chi connectivity index (χ2n) is 5.33. The summed E-state index contributed by atoms with van der Waals surface area (Å²) in [4.78, 5) is 16.1. The lowest BCUT2D eigenvalue weighted by atomic mass is 9.70. The number of ether oxygens (including phenoxy) is 1. The van der Waals surface area contributed by atoms with Crippen LogP contribution in [-0.4, -0.2) is 23.0 Å². The van der Waals surface area contributed by atoms with Crippen LogP contribution in [-0.2, 0) is 4.74 Å². The summed E-state index contributed by atoms with van der Waals surface area (Å²) in [7, 11) is 0. The number of pyridine rings is 1. The van der Waals surface area contributed by atoms with Gasteiger partial charge in [-0.15, -0.1) is 0 Å². The molecule has 1 unspecified atom stereocenters. The third-order valence-electron chi connectivity index (χ3n) is 4.12. The van der Waals surface area contributed by atoms with Crippen LogP contribution in [0.1, 0.15) is 42.5 Å². The topological polar surface area (TPSA) is 39.2 Å². The Morgan fingerprint density at radius 1 is 1.44 bits per heavy atom. The number of Topliss-reactive ketones (excluding diaryl/α,β-unsaturated/α-hetero) is 1. The first-order chi connectivity index (χ1) is 8.69. The number of carbonyl (C=O) groups excluding carboxylic acids is 1. The fraction of sp³-hybridized carbons (Fsp3) is 0.571. The maximum absolute atomic E-state index is 13.1. The van der Waals surface area contributed by atoms with Gasteiger partial charge in [0.2, 0.25) is 0 Å². The normalized spacial score (nSPS) is 25.7. The van der Waals surface area contributed by atoms with Crippen molar-refractivity contribution in [3.8, 4) is 0 Å². The zero-order chi connectivity index (χ0) is 12.6. The molecule has 1 spiro atoms. The van der Waals surface area contributed by atoms with Crippen LogP contribution in [0.5, 0.6) is 0 Å². The average molecular weight is 249 g/mol. The van der Waals surface area contributed by atoms with Crippen LogP contribution in [0.2, 0.25) is 0 Å². The SMILES string of the molecule is O=C(c1cncc(F)c1)C1CCOC2(CCC2)C1. The summed E-state index contributed by atoms with van der Waals surface area (Å²) >= 11 is 0. The number of hydrogen-bond acceptors (Lipinski definition) is 3. The van der Waals surface area contributed by atoms with Gasteiger partial charge in [0.25, 0.3) is 0 Å². The lowest BCUT2D eigenvalue weighted by Gasteiger charge is -2.46. The summed E-state index contributed by atoms with van der Waals surface area (Å²) in [5.41, 5.74) is 0.329. The second kappa shape index (κ2) is 4.43. The molecule has 2 heterocycles. The van der Waals surface area contributed by atoms with Crippen LogP contribution in [0.25, 0.3) is 0 Å². The molecular weight excluding hydrogens is 233 g/mol. The van der Waals surface area contributed by atoms with Crippen LogP contribution >= 0.6 is 0 Å². The van der Waals surface area contributed by atoms with E-state index in [1.165, 1.54) is 18.7 Å². The standard InChI is InChI=1S/C14H16FNO2/c15-12-6-11(8-16-9-12)13(17)10-2-5-18-14(7-10)3-1-4-14/h6,8-10H,1-5,7H2. The van der Waals surface area contributed by atoms with E-state index in [1.54, 1.807) is 0 Å². The molecule has 1 saturated heterocycles. The Hall–Kier alpha value is -1.29. The predicted octanol–water partition coefficient (Wildman–Crippen LogP) is 2.75. The molecule has 2 aliphatic rings. The number of nitrogens with zero attached hydrogens (tertiary/aromatic N) is 1. The van der Waals surface area contributed by atoms with Crippen molar-refractivity contribution in [2.45, 2.75) is 37.7 Å². The molecule has 2 fully saturated rings. The van der Waals surface area contributed by atoms with E-state index in [2.05, 4.69) is 4.98 Å². The highest BCUT2D eigenvalue weighted by atomic mass is 19.1. The lowest BCUT2D eigenvalue weighted by molar-refractivity contribution is -0.137. The molecule has 1 aromatic heterocycles. The van der Waals surface area contributed by atoms with Gasteiger partial charge in [0.05, 0.1) is 11.8 Å². The lowest BCUT2D eigenvalue weighted by Crippen LogP contribution is -2.47. The van der Waals surface area contributed by atoms with Crippen molar-refractivity contribution in [3.63, 3.8) is 0 Å². The van der Waals surface area contributed by atoms with E-state index < -0.39 is 5.82 Å². The number of hydrogen-bond donors (Lipinski definition) is 0. The number of aromatic nitrogens is 1. The molecule has 96 valence electrons. The minimum absolute atomic E-state index is 0.0107. The van der Waals surface area contributed by atoms with Crippen LogP contribution in [0.15, 0.2) is 18.5 Å². The molecule has 0 amide bonds. The Morgan fingerprint density at radius 3 is 2.94 bits per heavy atom. The molecule has 1 aromatic rings. The Balaban J connectivity index is 1.76. The molecular formula is C14H16FNO2. The fourth-order valence-corrected chi connectivity index (χ4v) is 2.95. The van der Waals surface area contributed by atoms with E-state index in [-0.39, 0.29) is 17.3 Å². The third kappa shape index (κ3) is 2.05. The van der Waals surface area contributed by atoms with Gasteiger partial charge in [0.15, 0.2) is 5.78 Å². The highest BCUT2D eigenvalue weighted by Crippen LogP contribution is 2.44. The molecule has 0 N–H and O–H groups in total. The number of halogens is 1. The summed E-state index contributed by atoms with van der Waals surface area (Å²) in [6.07, 6.45) is 7.38. The second-order valence-corrected chi connectivity index (χ2v) is 5.33. The van der Waals surface area contributed by atoms with Crippen molar-refractivity contribution in [2.24, 2.45) is 5.92 Å². The Kier molecular flexibility index (Phi) is 2.90. The van der Waals surface area contributed by atoms with Crippen molar-refractivity contribution in [1.82, 2.24) is 4.98 Å². The highest BCUT2D eigenvalue weighted by Gasteiger charge is 2.44. The third-order valence-corrected chi connectivity index (χ3v) is 4.12. The van der Waals surface area contributed by atoms with Crippen molar-refractivity contribution in [1.29, 1.82) is 0 Å². The van der Waals surface area contributed by atoms with Gasteiger partial charge < -0.3 is 4.74 Å². The van der Waals surface area contributed by atoms with Gasteiger partial charge in [-0.1, -0.05) is 0 Å². The smallest absolute Gasteiger partial charge is 0.167 e. The predicted molar refractivity (Wildman–Crippen MR) is 63.8 cm³/mol. The zero-order valence-electron chi connectivity index (χ0n) is 10.2. The van der Waals surface area contributed by atoms with Crippen LogP contribution in [0, 0.1) is 11.7 Å². The quantitative estimate of drug-likeness (QED) is 0.756. The van der Waals surface area contributed by atoms with Crippen molar-refractivity contribution < 1.29 is 13.9 Å². The molecule has 1 atom stereocenters. The van der Waals surface area contributed by atoms with Crippen molar-refractivity contribution in [3.05, 3.63) is 29.8 Å². The van der Waals surface area contributed by atoms with E-state index >= 15 is 0 Å². The number of carbonyl (C=O) groups is 1. The summed E-state index contributed by atoms with van der Waals surface area (Å²) in [6.45, 7) is 0.638. The Bertz CT molecular complexity index is 471. The van der Waals surface area contributed by atoms with Gasteiger partial charge in [0, 0.05) is 24.3 Å². The summed E-state index contributed by atoms with van der Waals surface area (Å²) in [5, 5.41) is 0. The summed E-state index contributed by atoms with van der Waals surface area (Å²) in [6, 6.07) is 1.28. The summed E-state index contributed by atoms with van der Waals surface area (Å²) < 4.78 is 18.9. The molecule has 0 radical (unpaired) electrons. The average Bonchev–Trinajstić information content (AvgIpc) is 2.36. The molecule has 3 rings (SSSR count). The van der Waals surface area contributed by atoms with Crippen molar-refractivity contribution >= 4 is 5.78 Å². The van der Waals surface area contributed by atoms with E-state index in [4.69, 9.17) is 4.74 Å². The molecule has 1 saturated carbocycles. The van der Waals surface area contributed by atoms with Crippen LogP contribution in [0.3, 0.4) is 0 Å². The van der Waals surface area contributed by atoms with Crippen LogP contribution < -0.4 is 0 Å². The fourth-order valence-electron chi connectivity index (χ4n) is 2.95. The first-order valence-corrected chi connectivity index (χ1v) is 6.47. The molecule has 18 heavy (non-hydrogen) atoms. The monoisotopic (exact) mass is 249 g/mol. The Morgan fingerprint density at radius 2 is 2.28 bits per heavy atom. The molecule has 3 nitrogen and oxygen atoms in total. The summed E-state index contributed by atoms with van der Waals surface area (Å²) in [5.74, 6) is -0.481. The molecule has 4 heteroatoms. The van der Waals surface area contributed by atoms with Crippen molar-refractivity contribution in [2.75, 3.05) is 6.61 Å². The van der Waals surface area contributed by atoms with Crippen LogP contribution in [0.4, 0.5) is 4.39 Å². The molecule has 1 aliphatic heterocycles. The van der Waals surface area contributed by atoms with Gasteiger partial charge in [-0.25, -0.2) is 4.39 Å². The number of ketones is 1. The maximum Gasteiger partial charge on any atom is 0.167 e. The first kappa shape index (κ1) is 11.8. The Labute approximate surface area is 105 Å². The first-order valence-electron chi connectivity index (χ1n) is 6.47. The van der Waals surface area contributed by atoms with Gasteiger partial charge in [0.1, 0.15) is 5.82 Å². The number of rotatable bonds is 2. The largest absolute Gasteiger partial charge is 0.375 e. The van der Waals surface area contributed by atoms with E-state index in [0.717, 1.165) is 31.9 Å².